The van der Waals surface area contributed by atoms with Crippen molar-refractivity contribution in [2.45, 2.75) is 32.2 Å². The highest BCUT2D eigenvalue weighted by Gasteiger charge is 2.38. The summed E-state index contributed by atoms with van der Waals surface area (Å²) in [5.41, 5.74) is 6.86. The van der Waals surface area contributed by atoms with E-state index in [-0.39, 0.29) is 24.2 Å². The molecule has 1 atom stereocenters. The normalized spacial score (nSPS) is 11.9. The number of hydrogen-bond donors (Lipinski definition) is 2. The molecule has 12 heteroatoms. The smallest absolute Gasteiger partial charge is 0.475 e. The van der Waals surface area contributed by atoms with Crippen LogP contribution in [0.15, 0.2) is 88.5 Å². The summed E-state index contributed by atoms with van der Waals surface area (Å²) in [5.74, 6) is -3.77. The average Bonchev–Trinajstić information content (AvgIpc) is 2.90. The molecule has 0 fully saturated rings. The summed E-state index contributed by atoms with van der Waals surface area (Å²) in [5, 5.41) is 7.12. The number of rotatable bonds is 6. The molecule has 0 spiro atoms. The van der Waals surface area contributed by atoms with Crippen LogP contribution in [0.2, 0.25) is 0 Å². The van der Waals surface area contributed by atoms with E-state index in [1.807, 2.05) is 30.3 Å². The lowest BCUT2D eigenvalue weighted by Crippen LogP contribution is -2.44. The van der Waals surface area contributed by atoms with Crippen LogP contribution < -0.4 is 17.0 Å². The molecular formula is C28H24F5N3O4. The summed E-state index contributed by atoms with van der Waals surface area (Å²) >= 11 is 0. The highest BCUT2D eigenvalue weighted by Crippen LogP contribution is 2.23. The van der Waals surface area contributed by atoms with Crippen LogP contribution in [-0.4, -0.2) is 26.4 Å². The van der Waals surface area contributed by atoms with Gasteiger partial charge in [0.2, 0.25) is 0 Å². The molecule has 3 aromatic carbocycles. The van der Waals surface area contributed by atoms with Gasteiger partial charge in [0, 0.05) is 17.3 Å². The van der Waals surface area contributed by atoms with E-state index < -0.39 is 41.1 Å². The first-order valence-corrected chi connectivity index (χ1v) is 11.8. The van der Waals surface area contributed by atoms with Crippen molar-refractivity contribution in [1.29, 1.82) is 0 Å². The van der Waals surface area contributed by atoms with Crippen LogP contribution in [-0.2, 0) is 17.9 Å². The van der Waals surface area contributed by atoms with Crippen LogP contribution in [0.1, 0.15) is 22.9 Å². The van der Waals surface area contributed by atoms with Crippen molar-refractivity contribution in [2.75, 3.05) is 0 Å². The highest BCUT2D eigenvalue weighted by atomic mass is 19.4. The second-order valence-electron chi connectivity index (χ2n) is 8.67. The van der Waals surface area contributed by atoms with E-state index in [0.717, 1.165) is 10.1 Å². The van der Waals surface area contributed by atoms with Crippen molar-refractivity contribution in [3.05, 3.63) is 128 Å². The van der Waals surface area contributed by atoms with Crippen LogP contribution >= 0.6 is 0 Å². The molecule has 210 valence electrons. The zero-order valence-electron chi connectivity index (χ0n) is 21.0. The van der Waals surface area contributed by atoms with Gasteiger partial charge in [-0.25, -0.2) is 18.4 Å². The molecule has 3 N–H and O–H groups in total. The van der Waals surface area contributed by atoms with Gasteiger partial charge < -0.3 is 10.8 Å². The first-order chi connectivity index (χ1) is 18.8. The highest BCUT2D eigenvalue weighted by molar-refractivity contribution is 5.73. The molecule has 40 heavy (non-hydrogen) atoms. The molecule has 1 aromatic heterocycles. The van der Waals surface area contributed by atoms with Gasteiger partial charge >= 0.3 is 17.8 Å². The average molecular weight is 562 g/mol. The maximum absolute atomic E-state index is 14.7. The summed E-state index contributed by atoms with van der Waals surface area (Å²) in [6, 6.07) is 20.2. The molecule has 4 aromatic rings. The van der Waals surface area contributed by atoms with Gasteiger partial charge in [0.25, 0.3) is 5.56 Å². The van der Waals surface area contributed by atoms with Crippen LogP contribution in [0.5, 0.6) is 0 Å². The third kappa shape index (κ3) is 7.08. The maximum Gasteiger partial charge on any atom is 0.490 e. The monoisotopic (exact) mass is 561 g/mol. The molecule has 7 nitrogen and oxygen atoms in total. The van der Waals surface area contributed by atoms with Crippen LogP contribution in [0.25, 0.3) is 11.1 Å². The maximum atomic E-state index is 14.7. The van der Waals surface area contributed by atoms with Crippen molar-refractivity contribution >= 4 is 5.97 Å². The van der Waals surface area contributed by atoms with Crippen molar-refractivity contribution in [1.82, 2.24) is 9.13 Å². The van der Waals surface area contributed by atoms with E-state index in [9.17, 15) is 31.5 Å². The summed E-state index contributed by atoms with van der Waals surface area (Å²) in [4.78, 5) is 35.8. The molecular weight excluding hydrogens is 537 g/mol. The van der Waals surface area contributed by atoms with E-state index >= 15 is 0 Å². The number of nitrogens with two attached hydrogens (primary N) is 1. The van der Waals surface area contributed by atoms with Crippen molar-refractivity contribution in [3.8, 4) is 11.1 Å². The van der Waals surface area contributed by atoms with Gasteiger partial charge in [0.05, 0.1) is 18.7 Å². The Hall–Kier alpha value is -4.58. The number of halogens is 5. The molecule has 4 rings (SSSR count). The summed E-state index contributed by atoms with van der Waals surface area (Å²) in [7, 11) is 0. The largest absolute Gasteiger partial charge is 0.490 e. The molecule has 0 aliphatic carbocycles. The van der Waals surface area contributed by atoms with Gasteiger partial charge in [-0.1, -0.05) is 60.7 Å². The number of nitrogens with zero attached hydrogens (tertiary/aromatic N) is 2. The van der Waals surface area contributed by atoms with Crippen molar-refractivity contribution in [2.24, 2.45) is 5.73 Å². The van der Waals surface area contributed by atoms with Crippen LogP contribution in [0.4, 0.5) is 22.0 Å². The Kier molecular flexibility index (Phi) is 9.38. The lowest BCUT2D eigenvalue weighted by molar-refractivity contribution is -0.192. The number of carbonyl (C=O) groups is 1. The Labute approximate surface area is 224 Å². The minimum absolute atomic E-state index is 0.0186. The van der Waals surface area contributed by atoms with E-state index in [0.29, 0.717) is 11.3 Å². The Bertz CT molecular complexity index is 1620. The number of aromatic nitrogens is 2. The SMILES string of the molecule is Cc1c(-c2ccccc2F)c(=O)n(C[C@H](N)c2ccccc2)c(=O)n1Cc1cccc(F)c1.O=C(O)C(F)(F)F. The number of carboxylic acid groups (broad SMARTS) is 1. The lowest BCUT2D eigenvalue weighted by Gasteiger charge is -2.20. The molecule has 0 aliphatic heterocycles. The number of benzene rings is 3. The second kappa shape index (κ2) is 12.5. The zero-order valence-corrected chi connectivity index (χ0v) is 21.0. The Morgan fingerprint density at radius 3 is 2.10 bits per heavy atom. The van der Waals surface area contributed by atoms with E-state index in [4.69, 9.17) is 15.6 Å². The van der Waals surface area contributed by atoms with Gasteiger partial charge in [-0.3, -0.25) is 13.9 Å². The molecule has 0 saturated carbocycles. The second-order valence-corrected chi connectivity index (χ2v) is 8.67. The Balaban J connectivity index is 0.000000559. The fourth-order valence-electron chi connectivity index (χ4n) is 3.94. The fraction of sp³-hybridized carbons (Fsp3) is 0.179. The van der Waals surface area contributed by atoms with E-state index in [2.05, 4.69) is 0 Å². The molecule has 0 unspecified atom stereocenters. The summed E-state index contributed by atoms with van der Waals surface area (Å²) < 4.78 is 62.6. The first-order valence-electron chi connectivity index (χ1n) is 11.8. The quantitative estimate of drug-likeness (QED) is 0.334. The molecule has 0 amide bonds. The Morgan fingerprint density at radius 2 is 1.52 bits per heavy atom. The first kappa shape index (κ1) is 30.0. The molecule has 0 radical (unpaired) electrons. The van der Waals surface area contributed by atoms with Gasteiger partial charge in [0.15, 0.2) is 0 Å². The number of alkyl halides is 3. The topological polar surface area (TPSA) is 107 Å². The third-order valence-electron chi connectivity index (χ3n) is 5.91. The molecule has 1 heterocycles. The zero-order chi connectivity index (χ0) is 29.6. The minimum Gasteiger partial charge on any atom is -0.475 e. The van der Waals surface area contributed by atoms with E-state index in [1.54, 1.807) is 25.1 Å². The van der Waals surface area contributed by atoms with Gasteiger partial charge in [-0.05, 0) is 36.2 Å². The molecule has 0 bridgehead atoms. The standard InChI is InChI=1S/C26H23F2N3O2.C2HF3O2/c1-17-24(21-12-5-6-13-22(21)28)25(32)31(16-23(29)19-9-3-2-4-10-19)26(33)30(17)15-18-8-7-11-20(27)14-18;3-2(4,5)1(6)7/h2-14,23H,15-16,29H2,1H3;(H,6,7)/t23-;/m0./s1. The van der Waals surface area contributed by atoms with Gasteiger partial charge in [-0.15, -0.1) is 0 Å². The predicted molar refractivity (Wildman–Crippen MR) is 138 cm³/mol. The van der Waals surface area contributed by atoms with Crippen molar-refractivity contribution in [3.63, 3.8) is 0 Å². The number of aliphatic carboxylic acids is 1. The van der Waals surface area contributed by atoms with Crippen LogP contribution in [0.3, 0.4) is 0 Å². The summed E-state index contributed by atoms with van der Waals surface area (Å²) in [6.07, 6.45) is -5.08. The number of hydrogen-bond acceptors (Lipinski definition) is 4. The third-order valence-corrected chi connectivity index (χ3v) is 5.91. The number of carboxylic acids is 1. The minimum atomic E-state index is -5.08. The fourth-order valence-corrected chi connectivity index (χ4v) is 3.94. The molecule has 0 saturated heterocycles. The van der Waals surface area contributed by atoms with Crippen molar-refractivity contribution < 1.29 is 31.9 Å². The van der Waals surface area contributed by atoms with E-state index in [1.165, 1.54) is 34.9 Å². The summed E-state index contributed by atoms with van der Waals surface area (Å²) in [6.45, 7) is 1.52. The van der Waals surface area contributed by atoms with Crippen LogP contribution in [0, 0.1) is 18.6 Å². The lowest BCUT2D eigenvalue weighted by atomic mass is 10.0. The molecule has 0 aliphatic rings. The van der Waals surface area contributed by atoms with Gasteiger partial charge in [0.1, 0.15) is 11.6 Å². The predicted octanol–water partition coefficient (Wildman–Crippen LogP) is 4.65. The van der Waals surface area contributed by atoms with Gasteiger partial charge in [-0.2, -0.15) is 13.2 Å². The Morgan fingerprint density at radius 1 is 0.925 bits per heavy atom.